The quantitative estimate of drug-likeness (QED) is 0.729. The molecule has 1 saturated heterocycles. The zero-order chi connectivity index (χ0) is 8.81. The zero-order valence-electron chi connectivity index (χ0n) is 7.66. The van der Waals surface area contributed by atoms with Gasteiger partial charge in [0.1, 0.15) is 0 Å². The number of ether oxygens (including phenoxy) is 1. The number of hydrogen-bond donors (Lipinski definition) is 1. The van der Waals surface area contributed by atoms with Crippen LogP contribution in [0.15, 0.2) is 0 Å². The van der Waals surface area contributed by atoms with Crippen molar-refractivity contribution in [1.29, 1.82) is 0 Å². The van der Waals surface area contributed by atoms with Crippen LogP contribution in [0.4, 0.5) is 0 Å². The summed E-state index contributed by atoms with van der Waals surface area (Å²) in [6.45, 7) is 0.490. The van der Waals surface area contributed by atoms with Crippen molar-refractivity contribution in [3.63, 3.8) is 0 Å². The van der Waals surface area contributed by atoms with Crippen LogP contribution >= 0.6 is 11.8 Å². The van der Waals surface area contributed by atoms with Crippen LogP contribution in [-0.4, -0.2) is 36.4 Å². The number of thioether (sulfide) groups is 1. The summed E-state index contributed by atoms with van der Waals surface area (Å²) in [6, 6.07) is 0. The summed E-state index contributed by atoms with van der Waals surface area (Å²) < 4.78 is 4.89. The van der Waals surface area contributed by atoms with Crippen LogP contribution in [0.5, 0.6) is 0 Å². The van der Waals surface area contributed by atoms with Gasteiger partial charge in [0.2, 0.25) is 0 Å². The van der Waals surface area contributed by atoms with Crippen LogP contribution in [0, 0.1) is 5.92 Å². The van der Waals surface area contributed by atoms with Crippen molar-refractivity contribution < 1.29 is 9.84 Å². The van der Waals surface area contributed by atoms with Gasteiger partial charge < -0.3 is 9.84 Å². The molecule has 1 rings (SSSR count). The van der Waals surface area contributed by atoms with E-state index < -0.39 is 0 Å². The maximum atomic E-state index is 9.47. The second-order valence-corrected chi connectivity index (χ2v) is 4.63. The van der Waals surface area contributed by atoms with Gasteiger partial charge in [-0.1, -0.05) is 0 Å². The minimum absolute atomic E-state index is 0.247. The third-order valence-electron chi connectivity index (χ3n) is 2.31. The molecule has 0 spiro atoms. The molecule has 12 heavy (non-hydrogen) atoms. The van der Waals surface area contributed by atoms with E-state index in [1.54, 1.807) is 7.11 Å². The van der Waals surface area contributed by atoms with Gasteiger partial charge in [-0.25, -0.2) is 0 Å². The summed E-state index contributed by atoms with van der Waals surface area (Å²) in [5.41, 5.74) is 0. The topological polar surface area (TPSA) is 29.5 Å². The summed E-state index contributed by atoms with van der Waals surface area (Å²) in [5.74, 6) is 3.27. The molecule has 1 unspecified atom stereocenters. The first kappa shape index (κ1) is 10.4. The standard InChI is InChI=1S/C9H18O2S/c1-11-7-9(10)6-8-2-4-12-5-3-8/h8-10H,2-7H2,1H3. The Bertz CT molecular complexity index is 113. The molecule has 1 aliphatic heterocycles. The normalized spacial score (nSPS) is 22.5. The predicted octanol–water partition coefficient (Wildman–Crippen LogP) is 1.53. The molecule has 1 aliphatic rings. The average molecular weight is 190 g/mol. The van der Waals surface area contributed by atoms with E-state index in [0.29, 0.717) is 6.61 Å². The highest BCUT2D eigenvalue weighted by molar-refractivity contribution is 7.99. The highest BCUT2D eigenvalue weighted by Crippen LogP contribution is 2.26. The summed E-state index contributed by atoms with van der Waals surface area (Å²) in [4.78, 5) is 0. The predicted molar refractivity (Wildman–Crippen MR) is 52.5 cm³/mol. The van der Waals surface area contributed by atoms with Gasteiger partial charge in [0.05, 0.1) is 12.7 Å². The summed E-state index contributed by atoms with van der Waals surface area (Å²) in [5, 5.41) is 9.47. The summed E-state index contributed by atoms with van der Waals surface area (Å²) in [7, 11) is 1.64. The largest absolute Gasteiger partial charge is 0.391 e. The molecule has 1 N–H and O–H groups in total. The number of rotatable bonds is 4. The molecule has 72 valence electrons. The molecule has 3 heteroatoms. The van der Waals surface area contributed by atoms with Crippen LogP contribution in [0.1, 0.15) is 19.3 Å². The van der Waals surface area contributed by atoms with Crippen LogP contribution < -0.4 is 0 Å². The fourth-order valence-corrected chi connectivity index (χ4v) is 2.83. The van der Waals surface area contributed by atoms with Crippen LogP contribution in [0.3, 0.4) is 0 Å². The van der Waals surface area contributed by atoms with Crippen molar-refractivity contribution in [2.24, 2.45) is 5.92 Å². The van der Waals surface area contributed by atoms with E-state index in [0.717, 1.165) is 12.3 Å². The molecule has 1 heterocycles. The number of aliphatic hydroxyl groups excluding tert-OH is 1. The second-order valence-electron chi connectivity index (χ2n) is 3.40. The van der Waals surface area contributed by atoms with E-state index in [-0.39, 0.29) is 6.10 Å². The van der Waals surface area contributed by atoms with Crippen molar-refractivity contribution in [3.8, 4) is 0 Å². The van der Waals surface area contributed by atoms with Crippen LogP contribution in [0.2, 0.25) is 0 Å². The lowest BCUT2D eigenvalue weighted by atomic mass is 9.96. The lowest BCUT2D eigenvalue weighted by Gasteiger charge is -2.23. The van der Waals surface area contributed by atoms with E-state index in [1.165, 1.54) is 24.3 Å². The summed E-state index contributed by atoms with van der Waals surface area (Å²) >= 11 is 2.03. The highest BCUT2D eigenvalue weighted by Gasteiger charge is 2.17. The Labute approximate surface area is 78.7 Å². The molecule has 0 aromatic rings. The third kappa shape index (κ3) is 3.78. The third-order valence-corrected chi connectivity index (χ3v) is 3.35. The smallest absolute Gasteiger partial charge is 0.0776 e. The molecule has 0 aromatic heterocycles. The van der Waals surface area contributed by atoms with Crippen LogP contribution in [0.25, 0.3) is 0 Å². The van der Waals surface area contributed by atoms with Crippen molar-refractivity contribution in [2.45, 2.75) is 25.4 Å². The molecular formula is C9H18O2S. The molecule has 0 radical (unpaired) electrons. The Hall–Kier alpha value is 0.270. The van der Waals surface area contributed by atoms with E-state index in [1.807, 2.05) is 11.8 Å². The number of aliphatic hydroxyl groups is 1. The van der Waals surface area contributed by atoms with Crippen LogP contribution in [-0.2, 0) is 4.74 Å². The van der Waals surface area contributed by atoms with Gasteiger partial charge in [-0.15, -0.1) is 0 Å². The molecule has 0 amide bonds. The number of hydrogen-bond acceptors (Lipinski definition) is 3. The van der Waals surface area contributed by atoms with Crippen molar-refractivity contribution >= 4 is 11.8 Å². The Kier molecular flexibility index (Phi) is 5.04. The van der Waals surface area contributed by atoms with Gasteiger partial charge in [-0.3, -0.25) is 0 Å². The molecule has 0 saturated carbocycles. The van der Waals surface area contributed by atoms with Crippen molar-refractivity contribution in [3.05, 3.63) is 0 Å². The molecule has 1 atom stereocenters. The molecule has 0 aliphatic carbocycles. The van der Waals surface area contributed by atoms with Gasteiger partial charge in [0, 0.05) is 7.11 Å². The first-order chi connectivity index (χ1) is 5.83. The fourth-order valence-electron chi connectivity index (χ4n) is 1.63. The van der Waals surface area contributed by atoms with E-state index >= 15 is 0 Å². The molecular weight excluding hydrogens is 172 g/mol. The molecule has 2 nitrogen and oxygen atoms in total. The van der Waals surface area contributed by atoms with Gasteiger partial charge in [0.15, 0.2) is 0 Å². The minimum atomic E-state index is -0.247. The van der Waals surface area contributed by atoms with E-state index in [9.17, 15) is 5.11 Å². The first-order valence-corrected chi connectivity index (χ1v) is 5.73. The fraction of sp³-hybridized carbons (Fsp3) is 1.00. The summed E-state index contributed by atoms with van der Waals surface area (Å²) in [6.07, 6.45) is 3.22. The number of methoxy groups -OCH3 is 1. The van der Waals surface area contributed by atoms with Gasteiger partial charge >= 0.3 is 0 Å². The Morgan fingerprint density at radius 2 is 2.17 bits per heavy atom. The average Bonchev–Trinajstić information content (AvgIpc) is 2.06. The Morgan fingerprint density at radius 3 is 2.75 bits per heavy atom. The molecule has 0 bridgehead atoms. The van der Waals surface area contributed by atoms with Crippen molar-refractivity contribution in [1.82, 2.24) is 0 Å². The Morgan fingerprint density at radius 1 is 1.50 bits per heavy atom. The maximum absolute atomic E-state index is 9.47. The molecule has 1 fully saturated rings. The van der Waals surface area contributed by atoms with Crippen molar-refractivity contribution in [2.75, 3.05) is 25.2 Å². The van der Waals surface area contributed by atoms with E-state index in [4.69, 9.17) is 4.74 Å². The second kappa shape index (κ2) is 5.84. The maximum Gasteiger partial charge on any atom is 0.0776 e. The zero-order valence-corrected chi connectivity index (χ0v) is 8.48. The monoisotopic (exact) mass is 190 g/mol. The highest BCUT2D eigenvalue weighted by atomic mass is 32.2. The van der Waals surface area contributed by atoms with E-state index in [2.05, 4.69) is 0 Å². The van der Waals surface area contributed by atoms with Gasteiger partial charge in [-0.05, 0) is 36.7 Å². The molecule has 0 aromatic carbocycles. The Balaban J connectivity index is 2.11. The lowest BCUT2D eigenvalue weighted by molar-refractivity contribution is 0.0473. The SMILES string of the molecule is COCC(O)CC1CCSCC1. The van der Waals surface area contributed by atoms with Gasteiger partial charge in [-0.2, -0.15) is 11.8 Å². The lowest BCUT2D eigenvalue weighted by Crippen LogP contribution is -2.21. The minimum Gasteiger partial charge on any atom is -0.391 e. The first-order valence-electron chi connectivity index (χ1n) is 4.57. The van der Waals surface area contributed by atoms with Gasteiger partial charge in [0.25, 0.3) is 0 Å².